The first-order valence-electron chi connectivity index (χ1n) is 5.46. The number of rotatable bonds is 4. The Labute approximate surface area is 101 Å². The Morgan fingerprint density at radius 2 is 2.12 bits per heavy atom. The van der Waals surface area contributed by atoms with Gasteiger partial charge in [-0.1, -0.05) is 6.92 Å². The van der Waals surface area contributed by atoms with Crippen LogP contribution in [0.3, 0.4) is 0 Å². The van der Waals surface area contributed by atoms with E-state index in [0.717, 1.165) is 0 Å². The quantitative estimate of drug-likeness (QED) is 0.749. The Morgan fingerprint density at radius 1 is 1.41 bits per heavy atom. The molecule has 0 aliphatic rings. The molecule has 0 bridgehead atoms. The highest BCUT2D eigenvalue weighted by Gasteiger charge is 2.16. The Bertz CT molecular complexity index is 460. The second-order valence-corrected chi connectivity index (χ2v) is 3.39. The van der Waals surface area contributed by atoms with E-state index in [1.807, 2.05) is 6.92 Å². The van der Waals surface area contributed by atoms with Crippen LogP contribution in [-0.2, 0) is 11.2 Å². The molecule has 1 aromatic carbocycles. The minimum absolute atomic E-state index is 0.307. The van der Waals surface area contributed by atoms with Gasteiger partial charge in [-0.2, -0.15) is 5.26 Å². The fraction of sp³-hybridized carbons (Fsp3) is 0.385. The van der Waals surface area contributed by atoms with Crippen molar-refractivity contribution < 1.29 is 14.3 Å². The molecule has 0 heterocycles. The summed E-state index contributed by atoms with van der Waals surface area (Å²) in [5, 5.41) is 9.05. The molecule has 17 heavy (non-hydrogen) atoms. The molecule has 90 valence electrons. The zero-order valence-electron chi connectivity index (χ0n) is 10.2. The van der Waals surface area contributed by atoms with E-state index in [4.69, 9.17) is 14.7 Å². The van der Waals surface area contributed by atoms with Crippen molar-refractivity contribution in [3.63, 3.8) is 0 Å². The first kappa shape index (κ1) is 13.0. The number of carbonyl (C=O) groups excluding carboxylic acids is 1. The van der Waals surface area contributed by atoms with Crippen LogP contribution >= 0.6 is 0 Å². The van der Waals surface area contributed by atoms with Gasteiger partial charge in [-0.05, 0) is 31.0 Å². The summed E-state index contributed by atoms with van der Waals surface area (Å²) in [5.74, 6) is 0.0709. The molecule has 0 spiro atoms. The number of hydrogen-bond acceptors (Lipinski definition) is 4. The zero-order chi connectivity index (χ0) is 12.8. The molecule has 4 nitrogen and oxygen atoms in total. The van der Waals surface area contributed by atoms with Crippen LogP contribution in [0.25, 0.3) is 0 Å². The van der Waals surface area contributed by atoms with E-state index >= 15 is 0 Å². The van der Waals surface area contributed by atoms with Gasteiger partial charge in [-0.25, -0.2) is 4.79 Å². The standard InChI is InChI=1S/C13H15NO3/c1-4-11-9(8-14)6-10(16-3)7-12(11)13(15)17-5-2/h6-7H,4-5H2,1-3H3. The molecule has 0 aliphatic heterocycles. The molecule has 0 amide bonds. The lowest BCUT2D eigenvalue weighted by Gasteiger charge is -2.11. The largest absolute Gasteiger partial charge is 0.497 e. The van der Waals surface area contributed by atoms with Crippen LogP contribution in [0.2, 0.25) is 0 Å². The maximum absolute atomic E-state index is 11.8. The maximum Gasteiger partial charge on any atom is 0.338 e. The van der Waals surface area contributed by atoms with Crippen molar-refractivity contribution in [2.75, 3.05) is 13.7 Å². The van der Waals surface area contributed by atoms with E-state index in [1.165, 1.54) is 7.11 Å². The van der Waals surface area contributed by atoms with Crippen LogP contribution in [-0.4, -0.2) is 19.7 Å². The summed E-state index contributed by atoms with van der Waals surface area (Å²) < 4.78 is 10.0. The van der Waals surface area contributed by atoms with Crippen molar-refractivity contribution in [2.24, 2.45) is 0 Å². The lowest BCUT2D eigenvalue weighted by molar-refractivity contribution is 0.0524. The van der Waals surface area contributed by atoms with Gasteiger partial charge in [0.25, 0.3) is 0 Å². The van der Waals surface area contributed by atoms with Crippen molar-refractivity contribution in [2.45, 2.75) is 20.3 Å². The van der Waals surface area contributed by atoms with Gasteiger partial charge >= 0.3 is 5.97 Å². The van der Waals surface area contributed by atoms with E-state index in [2.05, 4.69) is 6.07 Å². The highest BCUT2D eigenvalue weighted by atomic mass is 16.5. The smallest absolute Gasteiger partial charge is 0.338 e. The Morgan fingerprint density at radius 3 is 2.59 bits per heavy atom. The van der Waals surface area contributed by atoms with Gasteiger partial charge in [0.2, 0.25) is 0 Å². The minimum atomic E-state index is -0.417. The van der Waals surface area contributed by atoms with Gasteiger partial charge in [-0.3, -0.25) is 0 Å². The van der Waals surface area contributed by atoms with Gasteiger partial charge in [0.1, 0.15) is 5.75 Å². The maximum atomic E-state index is 11.8. The summed E-state index contributed by atoms with van der Waals surface area (Å²) in [6.45, 7) is 3.95. The highest BCUT2D eigenvalue weighted by Crippen LogP contribution is 2.23. The molecule has 0 radical (unpaired) electrons. The second kappa shape index (κ2) is 5.90. The molecule has 0 atom stereocenters. The number of nitriles is 1. The summed E-state index contributed by atoms with van der Waals surface area (Å²) in [4.78, 5) is 11.8. The third-order valence-electron chi connectivity index (χ3n) is 2.43. The predicted molar refractivity (Wildman–Crippen MR) is 63.0 cm³/mol. The molecule has 0 aliphatic carbocycles. The van der Waals surface area contributed by atoms with E-state index in [-0.39, 0.29) is 0 Å². The van der Waals surface area contributed by atoms with Crippen molar-refractivity contribution in [1.82, 2.24) is 0 Å². The molecule has 0 N–H and O–H groups in total. The SMILES string of the molecule is CCOC(=O)c1cc(OC)cc(C#N)c1CC. The Balaban J connectivity index is 3.35. The average molecular weight is 233 g/mol. The fourth-order valence-corrected chi connectivity index (χ4v) is 1.63. The molecule has 4 heteroatoms. The van der Waals surface area contributed by atoms with E-state index < -0.39 is 5.97 Å². The predicted octanol–water partition coefficient (Wildman–Crippen LogP) is 2.31. The summed E-state index contributed by atoms with van der Waals surface area (Å²) >= 11 is 0. The summed E-state index contributed by atoms with van der Waals surface area (Å²) in [7, 11) is 1.50. The summed E-state index contributed by atoms with van der Waals surface area (Å²) in [5.41, 5.74) is 1.56. The molecule has 0 unspecified atom stereocenters. The van der Waals surface area contributed by atoms with Gasteiger partial charge in [0.05, 0.1) is 30.9 Å². The molecular weight excluding hydrogens is 218 g/mol. The van der Waals surface area contributed by atoms with Gasteiger partial charge in [0.15, 0.2) is 0 Å². The Hall–Kier alpha value is -2.02. The van der Waals surface area contributed by atoms with Crippen molar-refractivity contribution in [1.29, 1.82) is 5.26 Å². The van der Waals surface area contributed by atoms with Gasteiger partial charge in [-0.15, -0.1) is 0 Å². The topological polar surface area (TPSA) is 59.3 Å². The Kier molecular flexibility index (Phi) is 4.53. The molecule has 1 rings (SSSR count). The number of esters is 1. The normalized spacial score (nSPS) is 9.53. The number of carbonyl (C=O) groups is 1. The highest BCUT2D eigenvalue weighted by molar-refractivity contribution is 5.92. The van der Waals surface area contributed by atoms with Crippen molar-refractivity contribution >= 4 is 5.97 Å². The van der Waals surface area contributed by atoms with E-state index in [9.17, 15) is 4.79 Å². The van der Waals surface area contributed by atoms with Crippen LogP contribution in [0, 0.1) is 11.3 Å². The number of ether oxygens (including phenoxy) is 2. The lowest BCUT2D eigenvalue weighted by Crippen LogP contribution is -2.09. The van der Waals surface area contributed by atoms with Crippen LogP contribution in [0.1, 0.15) is 35.3 Å². The molecular formula is C13H15NO3. The summed E-state index contributed by atoms with van der Waals surface area (Å²) in [6, 6.07) is 5.31. The minimum Gasteiger partial charge on any atom is -0.497 e. The van der Waals surface area contributed by atoms with E-state index in [1.54, 1.807) is 19.1 Å². The number of methoxy groups -OCH3 is 1. The van der Waals surface area contributed by atoms with E-state index in [0.29, 0.717) is 35.5 Å². The zero-order valence-corrected chi connectivity index (χ0v) is 10.2. The first-order chi connectivity index (χ1) is 8.17. The van der Waals surface area contributed by atoms with Gasteiger partial charge in [0, 0.05) is 0 Å². The molecule has 1 aromatic rings. The molecule has 0 saturated carbocycles. The second-order valence-electron chi connectivity index (χ2n) is 3.39. The third kappa shape index (κ3) is 2.76. The third-order valence-corrected chi connectivity index (χ3v) is 2.43. The monoisotopic (exact) mass is 233 g/mol. The molecule has 0 aromatic heterocycles. The van der Waals surface area contributed by atoms with Crippen LogP contribution < -0.4 is 4.74 Å². The molecule has 0 saturated heterocycles. The number of hydrogen-bond donors (Lipinski definition) is 0. The number of nitrogens with zero attached hydrogens (tertiary/aromatic N) is 1. The van der Waals surface area contributed by atoms with Gasteiger partial charge < -0.3 is 9.47 Å². The van der Waals surface area contributed by atoms with Crippen LogP contribution in [0.5, 0.6) is 5.75 Å². The summed E-state index contributed by atoms with van der Waals surface area (Å²) in [6.07, 6.45) is 0.598. The lowest BCUT2D eigenvalue weighted by atomic mass is 9.99. The average Bonchev–Trinajstić information content (AvgIpc) is 2.37. The van der Waals surface area contributed by atoms with Crippen molar-refractivity contribution in [3.05, 3.63) is 28.8 Å². The van der Waals surface area contributed by atoms with Crippen LogP contribution in [0.15, 0.2) is 12.1 Å². The fourth-order valence-electron chi connectivity index (χ4n) is 1.63. The molecule has 0 fully saturated rings. The van der Waals surface area contributed by atoms with Crippen LogP contribution in [0.4, 0.5) is 0 Å². The first-order valence-corrected chi connectivity index (χ1v) is 5.46. The number of benzene rings is 1. The van der Waals surface area contributed by atoms with Crippen molar-refractivity contribution in [3.8, 4) is 11.8 Å².